The molecule has 2 fully saturated rings. The molecule has 1 aromatic rings. The van der Waals surface area contributed by atoms with Gasteiger partial charge in [0.2, 0.25) is 12.3 Å². The summed E-state index contributed by atoms with van der Waals surface area (Å²) in [6.45, 7) is 5.85. The first-order chi connectivity index (χ1) is 10.1. The van der Waals surface area contributed by atoms with Crippen LogP contribution in [-0.4, -0.2) is 23.3 Å². The fourth-order valence-corrected chi connectivity index (χ4v) is 3.38. The average Bonchev–Trinajstić information content (AvgIpc) is 3.24. The van der Waals surface area contributed by atoms with Crippen LogP contribution in [-0.2, 0) is 15.1 Å². The van der Waals surface area contributed by atoms with Gasteiger partial charge in [-0.2, -0.15) is 0 Å². The van der Waals surface area contributed by atoms with Gasteiger partial charge in [0.25, 0.3) is 0 Å². The minimum absolute atomic E-state index is 0.113. The summed E-state index contributed by atoms with van der Waals surface area (Å²) < 4.78 is 0. The Hall–Kier alpha value is -2.10. The maximum atomic E-state index is 12.2. The molecule has 2 amide bonds. The molecule has 4 nitrogen and oxygen atoms in total. The second kappa shape index (κ2) is 5.02. The smallest absolute Gasteiger partial charge is 0.246 e. The van der Waals surface area contributed by atoms with Crippen molar-refractivity contribution in [3.05, 3.63) is 47.7 Å². The number of hydrogen-bond acceptors (Lipinski definition) is 2. The molecule has 4 heteroatoms. The number of amides is 2. The highest BCUT2D eigenvalue weighted by Crippen LogP contribution is 2.52. The SMILES string of the molecule is C=C1CCC(N(C=O)C2(c3ccccc3C)CC2)C(=O)N1. The fourth-order valence-electron chi connectivity index (χ4n) is 3.38. The zero-order valence-corrected chi connectivity index (χ0v) is 12.3. The Morgan fingerprint density at radius 1 is 1.38 bits per heavy atom. The van der Waals surface area contributed by atoms with Crippen molar-refractivity contribution in [2.75, 3.05) is 0 Å². The van der Waals surface area contributed by atoms with Crippen LogP contribution in [0.15, 0.2) is 36.5 Å². The minimum Gasteiger partial charge on any atom is -0.329 e. The molecule has 1 aliphatic heterocycles. The summed E-state index contributed by atoms with van der Waals surface area (Å²) in [4.78, 5) is 25.7. The molecule has 1 atom stereocenters. The lowest BCUT2D eigenvalue weighted by Crippen LogP contribution is -2.53. The Morgan fingerprint density at radius 3 is 2.67 bits per heavy atom. The van der Waals surface area contributed by atoms with Crippen LogP contribution in [0.4, 0.5) is 0 Å². The maximum Gasteiger partial charge on any atom is 0.246 e. The Balaban J connectivity index is 1.93. The molecule has 1 saturated heterocycles. The number of nitrogens with one attached hydrogen (secondary N) is 1. The van der Waals surface area contributed by atoms with E-state index in [2.05, 4.69) is 31.0 Å². The van der Waals surface area contributed by atoms with Crippen LogP contribution in [0.5, 0.6) is 0 Å². The zero-order chi connectivity index (χ0) is 15.0. The van der Waals surface area contributed by atoms with Gasteiger partial charge in [-0.25, -0.2) is 0 Å². The number of aryl methyl sites for hydroxylation is 1. The molecule has 0 radical (unpaired) electrons. The number of nitrogens with zero attached hydrogens (tertiary/aromatic N) is 1. The summed E-state index contributed by atoms with van der Waals surface area (Å²) in [5.41, 5.74) is 2.77. The van der Waals surface area contributed by atoms with E-state index in [9.17, 15) is 9.59 Å². The first-order valence-corrected chi connectivity index (χ1v) is 7.37. The Bertz CT molecular complexity index is 605. The van der Waals surface area contributed by atoms with Crippen molar-refractivity contribution in [2.24, 2.45) is 0 Å². The van der Waals surface area contributed by atoms with Crippen molar-refractivity contribution < 1.29 is 9.59 Å². The molecule has 0 aromatic heterocycles. The monoisotopic (exact) mass is 284 g/mol. The van der Waals surface area contributed by atoms with E-state index in [1.165, 1.54) is 5.56 Å². The Kier molecular flexibility index (Phi) is 3.32. The summed E-state index contributed by atoms with van der Waals surface area (Å²) in [5.74, 6) is -0.113. The van der Waals surface area contributed by atoms with Crippen molar-refractivity contribution in [1.82, 2.24) is 10.2 Å². The summed E-state index contributed by atoms with van der Waals surface area (Å²) >= 11 is 0. The molecular weight excluding hydrogens is 264 g/mol. The molecule has 1 heterocycles. The molecule has 1 saturated carbocycles. The first-order valence-electron chi connectivity index (χ1n) is 7.37. The summed E-state index contributed by atoms with van der Waals surface area (Å²) in [6, 6.07) is 7.72. The van der Waals surface area contributed by atoms with Gasteiger partial charge in [0, 0.05) is 5.70 Å². The molecule has 0 spiro atoms. The number of benzene rings is 1. The minimum atomic E-state index is -0.393. The number of rotatable bonds is 4. The third kappa shape index (κ3) is 2.24. The van der Waals surface area contributed by atoms with Crippen molar-refractivity contribution in [1.29, 1.82) is 0 Å². The quantitative estimate of drug-likeness (QED) is 0.862. The van der Waals surface area contributed by atoms with Crippen molar-refractivity contribution >= 4 is 12.3 Å². The van der Waals surface area contributed by atoms with Gasteiger partial charge in [0.15, 0.2) is 0 Å². The lowest BCUT2D eigenvalue weighted by atomic mass is 9.94. The highest BCUT2D eigenvalue weighted by molar-refractivity contribution is 5.86. The van der Waals surface area contributed by atoms with Crippen LogP contribution in [0.3, 0.4) is 0 Å². The molecule has 21 heavy (non-hydrogen) atoms. The van der Waals surface area contributed by atoms with Crippen LogP contribution in [0.2, 0.25) is 0 Å². The number of hydrogen-bond donors (Lipinski definition) is 1. The van der Waals surface area contributed by atoms with Crippen LogP contribution in [0, 0.1) is 6.92 Å². The third-order valence-corrected chi connectivity index (χ3v) is 4.64. The van der Waals surface area contributed by atoms with Gasteiger partial charge in [-0.05, 0) is 43.7 Å². The van der Waals surface area contributed by atoms with E-state index >= 15 is 0 Å². The number of carbonyl (C=O) groups excluding carboxylic acids is 2. The van der Waals surface area contributed by atoms with E-state index in [1.807, 2.05) is 12.1 Å². The number of carbonyl (C=O) groups is 2. The van der Waals surface area contributed by atoms with E-state index in [0.717, 1.165) is 36.9 Å². The standard InChI is InChI=1S/C17H20N2O2/c1-12-5-3-4-6-14(12)17(9-10-17)19(11-20)15-8-7-13(2)18-16(15)21/h3-6,11,15H,2,7-10H2,1H3,(H,18,21). The van der Waals surface area contributed by atoms with Gasteiger partial charge in [0.05, 0.1) is 5.54 Å². The normalized spacial score (nSPS) is 23.4. The van der Waals surface area contributed by atoms with Crippen LogP contribution in [0.1, 0.15) is 36.8 Å². The molecule has 1 N–H and O–H groups in total. The van der Waals surface area contributed by atoms with E-state index in [-0.39, 0.29) is 11.4 Å². The van der Waals surface area contributed by atoms with Gasteiger partial charge < -0.3 is 10.2 Å². The molecule has 110 valence electrons. The van der Waals surface area contributed by atoms with Gasteiger partial charge >= 0.3 is 0 Å². The van der Waals surface area contributed by atoms with Gasteiger partial charge in [-0.15, -0.1) is 0 Å². The van der Waals surface area contributed by atoms with E-state index in [4.69, 9.17) is 0 Å². The lowest BCUT2D eigenvalue weighted by Gasteiger charge is -2.38. The molecular formula is C17H20N2O2. The molecule has 1 unspecified atom stereocenters. The molecule has 1 aliphatic carbocycles. The Labute approximate surface area is 124 Å². The van der Waals surface area contributed by atoms with Crippen molar-refractivity contribution in [3.8, 4) is 0 Å². The van der Waals surface area contributed by atoms with Crippen molar-refractivity contribution in [2.45, 2.75) is 44.2 Å². The number of allylic oxidation sites excluding steroid dienone is 1. The number of piperidine rings is 1. The predicted octanol–water partition coefficient (Wildman–Crippen LogP) is 2.23. The topological polar surface area (TPSA) is 49.4 Å². The van der Waals surface area contributed by atoms with Gasteiger partial charge in [0.1, 0.15) is 6.04 Å². The second-order valence-corrected chi connectivity index (χ2v) is 6.01. The van der Waals surface area contributed by atoms with Crippen LogP contribution < -0.4 is 5.32 Å². The lowest BCUT2D eigenvalue weighted by molar-refractivity contribution is -0.137. The zero-order valence-electron chi connectivity index (χ0n) is 12.3. The predicted molar refractivity (Wildman–Crippen MR) is 80.3 cm³/mol. The second-order valence-electron chi connectivity index (χ2n) is 6.01. The summed E-state index contributed by atoms with van der Waals surface area (Å²) in [5, 5.41) is 2.78. The highest BCUT2D eigenvalue weighted by atomic mass is 16.2. The van der Waals surface area contributed by atoms with Crippen molar-refractivity contribution in [3.63, 3.8) is 0 Å². The van der Waals surface area contributed by atoms with E-state index in [0.29, 0.717) is 6.42 Å². The average molecular weight is 284 g/mol. The van der Waals surface area contributed by atoms with Gasteiger partial charge in [-0.3, -0.25) is 9.59 Å². The highest BCUT2D eigenvalue weighted by Gasteiger charge is 2.53. The van der Waals surface area contributed by atoms with Crippen LogP contribution >= 0.6 is 0 Å². The fraction of sp³-hybridized carbons (Fsp3) is 0.412. The molecule has 1 aromatic carbocycles. The summed E-state index contributed by atoms with van der Waals surface area (Å²) in [6.07, 6.45) is 4.06. The largest absolute Gasteiger partial charge is 0.329 e. The third-order valence-electron chi connectivity index (χ3n) is 4.64. The summed E-state index contributed by atoms with van der Waals surface area (Å²) in [7, 11) is 0. The van der Waals surface area contributed by atoms with Crippen LogP contribution in [0.25, 0.3) is 0 Å². The van der Waals surface area contributed by atoms with E-state index < -0.39 is 6.04 Å². The molecule has 0 bridgehead atoms. The molecule has 3 rings (SSSR count). The Morgan fingerprint density at radius 2 is 2.10 bits per heavy atom. The first kappa shape index (κ1) is 13.9. The maximum absolute atomic E-state index is 12.2. The van der Waals surface area contributed by atoms with Gasteiger partial charge in [-0.1, -0.05) is 30.8 Å². The van der Waals surface area contributed by atoms with E-state index in [1.54, 1.807) is 4.90 Å². The molecule has 2 aliphatic rings.